The van der Waals surface area contributed by atoms with Crippen LogP contribution in [0.4, 0.5) is 5.82 Å². The molecular formula is C10H15N3O2. The molecule has 1 heterocycles. The number of aromatic nitrogens is 2. The van der Waals surface area contributed by atoms with Gasteiger partial charge in [0.15, 0.2) is 0 Å². The molecule has 0 bridgehead atoms. The molecule has 0 saturated carbocycles. The molecule has 0 saturated heterocycles. The van der Waals surface area contributed by atoms with Gasteiger partial charge in [0.25, 0.3) is 0 Å². The zero-order chi connectivity index (χ0) is 11.6. The van der Waals surface area contributed by atoms with Crippen molar-refractivity contribution < 1.29 is 9.90 Å². The molecule has 2 N–H and O–H groups in total. The van der Waals surface area contributed by atoms with E-state index in [2.05, 4.69) is 15.3 Å². The first-order valence-corrected chi connectivity index (χ1v) is 4.65. The van der Waals surface area contributed by atoms with Gasteiger partial charge >= 0.3 is 5.97 Å². The fourth-order valence-corrected chi connectivity index (χ4v) is 0.976. The summed E-state index contributed by atoms with van der Waals surface area (Å²) in [4.78, 5) is 19.2. The van der Waals surface area contributed by atoms with E-state index in [0.29, 0.717) is 5.82 Å². The minimum Gasteiger partial charge on any atom is -0.480 e. The Hall–Kier alpha value is -1.65. The highest BCUT2D eigenvalue weighted by Gasteiger charge is 2.27. The molecule has 15 heavy (non-hydrogen) atoms. The standard InChI is InChI=1S/C10H15N3O2/c1-6-7(2)12-8(5-11-6)13-10(3,4)9(14)15/h5H,1-4H3,(H,12,13)(H,14,15). The summed E-state index contributed by atoms with van der Waals surface area (Å²) >= 11 is 0. The molecule has 0 amide bonds. The number of hydrogen-bond donors (Lipinski definition) is 2. The van der Waals surface area contributed by atoms with Gasteiger partial charge in [0.2, 0.25) is 0 Å². The Kier molecular flexibility index (Phi) is 2.93. The van der Waals surface area contributed by atoms with Crippen molar-refractivity contribution in [3.63, 3.8) is 0 Å². The summed E-state index contributed by atoms with van der Waals surface area (Å²) in [5.41, 5.74) is 0.589. The first kappa shape index (κ1) is 11.4. The maximum absolute atomic E-state index is 10.9. The maximum Gasteiger partial charge on any atom is 0.328 e. The van der Waals surface area contributed by atoms with Crippen LogP contribution in [-0.4, -0.2) is 26.6 Å². The Morgan fingerprint density at radius 2 is 2.00 bits per heavy atom. The quantitative estimate of drug-likeness (QED) is 0.786. The molecule has 1 aromatic heterocycles. The molecular weight excluding hydrogens is 194 g/mol. The summed E-state index contributed by atoms with van der Waals surface area (Å²) in [6.45, 7) is 6.84. The first-order valence-electron chi connectivity index (χ1n) is 4.65. The topological polar surface area (TPSA) is 75.1 Å². The van der Waals surface area contributed by atoms with Crippen LogP contribution < -0.4 is 5.32 Å². The van der Waals surface area contributed by atoms with Crippen molar-refractivity contribution in [2.45, 2.75) is 33.2 Å². The van der Waals surface area contributed by atoms with Crippen molar-refractivity contribution in [1.82, 2.24) is 9.97 Å². The highest BCUT2D eigenvalue weighted by Crippen LogP contribution is 2.13. The largest absolute Gasteiger partial charge is 0.480 e. The lowest BCUT2D eigenvalue weighted by Crippen LogP contribution is -2.40. The lowest BCUT2D eigenvalue weighted by Gasteiger charge is -2.21. The van der Waals surface area contributed by atoms with Crippen LogP contribution in [0.2, 0.25) is 0 Å². The molecule has 0 radical (unpaired) electrons. The van der Waals surface area contributed by atoms with Crippen LogP contribution in [0, 0.1) is 13.8 Å². The zero-order valence-electron chi connectivity index (χ0n) is 9.33. The van der Waals surface area contributed by atoms with Gasteiger partial charge in [-0.3, -0.25) is 4.98 Å². The molecule has 1 aromatic rings. The molecule has 5 nitrogen and oxygen atoms in total. The second kappa shape index (κ2) is 3.84. The van der Waals surface area contributed by atoms with Crippen LogP contribution in [0.5, 0.6) is 0 Å². The summed E-state index contributed by atoms with van der Waals surface area (Å²) in [6.07, 6.45) is 1.53. The fraction of sp³-hybridized carbons (Fsp3) is 0.500. The minimum absolute atomic E-state index is 0.477. The number of nitrogens with one attached hydrogen (secondary N) is 1. The van der Waals surface area contributed by atoms with Gasteiger partial charge in [-0.05, 0) is 27.7 Å². The molecule has 82 valence electrons. The van der Waals surface area contributed by atoms with Gasteiger partial charge in [-0.25, -0.2) is 9.78 Å². The van der Waals surface area contributed by atoms with Crippen LogP contribution in [-0.2, 0) is 4.79 Å². The van der Waals surface area contributed by atoms with Crippen molar-refractivity contribution in [3.8, 4) is 0 Å². The second-order valence-corrected chi connectivity index (χ2v) is 3.98. The van der Waals surface area contributed by atoms with E-state index in [1.54, 1.807) is 13.8 Å². The second-order valence-electron chi connectivity index (χ2n) is 3.98. The number of aliphatic carboxylic acids is 1. The molecule has 1 rings (SSSR count). The fourth-order valence-electron chi connectivity index (χ4n) is 0.976. The van der Waals surface area contributed by atoms with Gasteiger partial charge in [0.1, 0.15) is 11.4 Å². The van der Waals surface area contributed by atoms with E-state index in [1.807, 2.05) is 13.8 Å². The molecule has 5 heteroatoms. The van der Waals surface area contributed by atoms with E-state index >= 15 is 0 Å². The van der Waals surface area contributed by atoms with E-state index in [9.17, 15) is 4.79 Å². The maximum atomic E-state index is 10.9. The van der Waals surface area contributed by atoms with Crippen molar-refractivity contribution in [2.24, 2.45) is 0 Å². The SMILES string of the molecule is Cc1ncc(NC(C)(C)C(=O)O)nc1C. The summed E-state index contributed by atoms with van der Waals surface area (Å²) in [6, 6.07) is 0. The Morgan fingerprint density at radius 3 is 2.47 bits per heavy atom. The van der Waals surface area contributed by atoms with Crippen LogP contribution in [0.15, 0.2) is 6.20 Å². The normalized spacial score (nSPS) is 11.2. The van der Waals surface area contributed by atoms with Crippen LogP contribution in [0.3, 0.4) is 0 Å². The van der Waals surface area contributed by atoms with E-state index in [-0.39, 0.29) is 0 Å². The third kappa shape index (κ3) is 2.65. The van der Waals surface area contributed by atoms with Gasteiger partial charge in [-0.1, -0.05) is 0 Å². The Balaban J connectivity index is 2.91. The number of rotatable bonds is 3. The molecule has 0 spiro atoms. The summed E-state index contributed by atoms with van der Waals surface area (Å²) in [5, 5.41) is 11.7. The van der Waals surface area contributed by atoms with E-state index in [0.717, 1.165) is 11.4 Å². The smallest absolute Gasteiger partial charge is 0.328 e. The summed E-state index contributed by atoms with van der Waals surface area (Å²) < 4.78 is 0. The number of carboxylic acid groups (broad SMARTS) is 1. The Labute approximate surface area is 88.6 Å². The number of aryl methyl sites for hydroxylation is 2. The molecule has 0 aliphatic heterocycles. The predicted molar refractivity (Wildman–Crippen MR) is 56.8 cm³/mol. The van der Waals surface area contributed by atoms with Crippen LogP contribution in [0.1, 0.15) is 25.2 Å². The van der Waals surface area contributed by atoms with Crippen molar-refractivity contribution in [1.29, 1.82) is 0 Å². The third-order valence-corrected chi connectivity index (χ3v) is 2.17. The lowest BCUT2D eigenvalue weighted by molar-refractivity contribution is -0.141. The van der Waals surface area contributed by atoms with Gasteiger partial charge in [0.05, 0.1) is 17.6 Å². The van der Waals surface area contributed by atoms with Crippen molar-refractivity contribution in [3.05, 3.63) is 17.6 Å². The molecule has 0 fully saturated rings. The lowest BCUT2D eigenvalue weighted by atomic mass is 10.1. The number of carboxylic acids is 1. The summed E-state index contributed by atoms with van der Waals surface area (Å²) in [7, 11) is 0. The highest BCUT2D eigenvalue weighted by molar-refractivity contribution is 5.81. The van der Waals surface area contributed by atoms with Crippen LogP contribution >= 0.6 is 0 Å². The summed E-state index contributed by atoms with van der Waals surface area (Å²) in [5.74, 6) is -0.451. The van der Waals surface area contributed by atoms with Gasteiger partial charge in [0, 0.05) is 0 Å². The molecule has 0 aliphatic carbocycles. The number of nitrogens with zero attached hydrogens (tertiary/aromatic N) is 2. The van der Waals surface area contributed by atoms with E-state index in [4.69, 9.17) is 5.11 Å². The van der Waals surface area contributed by atoms with Gasteiger partial charge in [-0.2, -0.15) is 0 Å². The van der Waals surface area contributed by atoms with E-state index < -0.39 is 11.5 Å². The third-order valence-electron chi connectivity index (χ3n) is 2.17. The van der Waals surface area contributed by atoms with Gasteiger partial charge < -0.3 is 10.4 Å². The van der Waals surface area contributed by atoms with E-state index in [1.165, 1.54) is 6.20 Å². The predicted octanol–water partition coefficient (Wildman–Crippen LogP) is 1.37. The Bertz CT molecular complexity index is 388. The minimum atomic E-state index is -1.05. The monoisotopic (exact) mass is 209 g/mol. The molecule has 0 aliphatic rings. The van der Waals surface area contributed by atoms with Gasteiger partial charge in [-0.15, -0.1) is 0 Å². The zero-order valence-corrected chi connectivity index (χ0v) is 9.33. The number of carbonyl (C=O) groups is 1. The molecule has 0 atom stereocenters. The Morgan fingerprint density at radius 1 is 1.40 bits per heavy atom. The van der Waals surface area contributed by atoms with Crippen molar-refractivity contribution in [2.75, 3.05) is 5.32 Å². The first-order chi connectivity index (χ1) is 6.83. The highest BCUT2D eigenvalue weighted by atomic mass is 16.4. The average molecular weight is 209 g/mol. The van der Waals surface area contributed by atoms with Crippen molar-refractivity contribution >= 4 is 11.8 Å². The number of anilines is 1. The number of hydrogen-bond acceptors (Lipinski definition) is 4. The molecule has 0 aromatic carbocycles. The molecule has 0 unspecified atom stereocenters. The van der Waals surface area contributed by atoms with Crippen LogP contribution in [0.25, 0.3) is 0 Å². The average Bonchev–Trinajstić information content (AvgIpc) is 2.10.